The van der Waals surface area contributed by atoms with Gasteiger partial charge < -0.3 is 21.3 Å². The van der Waals surface area contributed by atoms with Gasteiger partial charge in [0.1, 0.15) is 5.75 Å². The molecule has 6 nitrogen and oxygen atoms in total. The minimum Gasteiger partial charge on any atom is -0.508 e. The van der Waals surface area contributed by atoms with Crippen molar-refractivity contribution in [2.45, 2.75) is 31.8 Å². The predicted octanol–water partition coefficient (Wildman–Crippen LogP) is 0.241. The van der Waals surface area contributed by atoms with Gasteiger partial charge in [0, 0.05) is 6.04 Å². The van der Waals surface area contributed by atoms with E-state index >= 15 is 0 Å². The Morgan fingerprint density at radius 2 is 1.89 bits per heavy atom. The monoisotopic (exact) mass is 266 g/mol. The number of carboxylic acids is 1. The fourth-order valence-electron chi connectivity index (χ4n) is 1.67. The maximum absolute atomic E-state index is 11.6. The molecule has 0 heterocycles. The number of rotatable bonds is 6. The van der Waals surface area contributed by atoms with Gasteiger partial charge in [-0.2, -0.15) is 0 Å². The molecule has 0 aliphatic carbocycles. The maximum Gasteiger partial charge on any atom is 0.305 e. The number of hydrogen-bond acceptors (Lipinski definition) is 4. The van der Waals surface area contributed by atoms with E-state index in [0.29, 0.717) is 6.42 Å². The highest BCUT2D eigenvalue weighted by molar-refractivity contribution is 5.86. The fraction of sp³-hybridized carbons (Fsp3) is 0.385. The summed E-state index contributed by atoms with van der Waals surface area (Å²) >= 11 is 0. The lowest BCUT2D eigenvalue weighted by molar-refractivity contribution is -0.139. The van der Waals surface area contributed by atoms with Gasteiger partial charge in [-0.25, -0.2) is 0 Å². The Kier molecular flexibility index (Phi) is 5.32. The molecule has 19 heavy (non-hydrogen) atoms. The second-order valence-corrected chi connectivity index (χ2v) is 4.48. The Morgan fingerprint density at radius 1 is 1.32 bits per heavy atom. The number of hydrogen-bond donors (Lipinski definition) is 4. The molecule has 1 aromatic carbocycles. The average Bonchev–Trinajstić information content (AvgIpc) is 2.31. The zero-order chi connectivity index (χ0) is 14.4. The van der Waals surface area contributed by atoms with Crippen LogP contribution in [-0.4, -0.2) is 34.2 Å². The lowest BCUT2D eigenvalue weighted by atomic mass is 10.1. The van der Waals surface area contributed by atoms with Gasteiger partial charge in [-0.15, -0.1) is 0 Å². The van der Waals surface area contributed by atoms with Gasteiger partial charge in [0.05, 0.1) is 12.5 Å². The molecule has 0 saturated heterocycles. The van der Waals surface area contributed by atoms with Crippen LogP contribution in [0.4, 0.5) is 0 Å². The number of carboxylic acid groups (broad SMARTS) is 1. The van der Waals surface area contributed by atoms with Crippen LogP contribution in [-0.2, 0) is 16.0 Å². The first-order chi connectivity index (χ1) is 8.88. The molecule has 0 fully saturated rings. The summed E-state index contributed by atoms with van der Waals surface area (Å²) in [6.45, 7) is 1.80. The molecule has 0 aliphatic heterocycles. The van der Waals surface area contributed by atoms with Crippen molar-refractivity contribution < 1.29 is 19.8 Å². The van der Waals surface area contributed by atoms with Gasteiger partial charge in [-0.05, 0) is 31.0 Å². The summed E-state index contributed by atoms with van der Waals surface area (Å²) in [4.78, 5) is 22.0. The summed E-state index contributed by atoms with van der Waals surface area (Å²) in [7, 11) is 0. The van der Waals surface area contributed by atoms with E-state index in [2.05, 4.69) is 5.32 Å². The molecule has 1 aromatic rings. The highest BCUT2D eigenvalue weighted by Gasteiger charge is 2.18. The maximum atomic E-state index is 11.6. The Balaban J connectivity index is 2.46. The average molecular weight is 266 g/mol. The van der Waals surface area contributed by atoms with Crippen molar-refractivity contribution in [2.75, 3.05) is 0 Å². The quantitative estimate of drug-likeness (QED) is 0.589. The van der Waals surface area contributed by atoms with E-state index in [0.717, 1.165) is 5.56 Å². The van der Waals surface area contributed by atoms with Crippen molar-refractivity contribution in [3.63, 3.8) is 0 Å². The number of carbonyl (C=O) groups excluding carboxylic acids is 1. The number of aromatic hydroxyl groups is 1. The van der Waals surface area contributed by atoms with Crippen molar-refractivity contribution in [1.29, 1.82) is 0 Å². The molecule has 0 radical (unpaired) electrons. The summed E-state index contributed by atoms with van der Waals surface area (Å²) in [6, 6.07) is 5.45. The number of amides is 1. The molecule has 6 heteroatoms. The topological polar surface area (TPSA) is 113 Å². The third-order valence-electron chi connectivity index (χ3n) is 2.60. The van der Waals surface area contributed by atoms with Gasteiger partial charge in [0.2, 0.25) is 5.91 Å². The number of nitrogens with two attached hydrogens (primary N) is 1. The first-order valence-corrected chi connectivity index (χ1v) is 5.94. The number of nitrogens with one attached hydrogen (secondary N) is 1. The van der Waals surface area contributed by atoms with Gasteiger partial charge in [0.15, 0.2) is 0 Å². The van der Waals surface area contributed by atoms with Crippen LogP contribution in [0.3, 0.4) is 0 Å². The van der Waals surface area contributed by atoms with Crippen LogP contribution in [0.5, 0.6) is 5.75 Å². The number of phenolic OH excluding ortho intramolecular Hbond substituents is 1. The largest absolute Gasteiger partial charge is 0.508 e. The molecule has 1 rings (SSSR count). The minimum absolute atomic E-state index is 0.170. The van der Waals surface area contributed by atoms with E-state index in [1.165, 1.54) is 0 Å². The van der Waals surface area contributed by atoms with E-state index in [9.17, 15) is 9.59 Å². The molecule has 0 bridgehead atoms. The van der Waals surface area contributed by atoms with E-state index in [-0.39, 0.29) is 11.8 Å². The molecular weight excluding hydrogens is 248 g/mol. The van der Waals surface area contributed by atoms with E-state index in [1.807, 2.05) is 0 Å². The zero-order valence-electron chi connectivity index (χ0n) is 10.7. The Bertz CT molecular complexity index is 444. The minimum atomic E-state index is -1.10. The van der Waals surface area contributed by atoms with Crippen LogP contribution in [0.15, 0.2) is 24.3 Å². The van der Waals surface area contributed by atoms with E-state index in [4.69, 9.17) is 15.9 Å². The van der Waals surface area contributed by atoms with Crippen molar-refractivity contribution in [3.8, 4) is 5.75 Å². The van der Waals surface area contributed by atoms with E-state index in [1.54, 1.807) is 31.2 Å². The SMILES string of the molecule is C[C@@H](Cc1ccc(O)cc1)NC(=O)[C@@H](N)CC(=O)O. The second-order valence-electron chi connectivity index (χ2n) is 4.48. The van der Waals surface area contributed by atoms with Crippen LogP contribution in [0, 0.1) is 0 Å². The third-order valence-corrected chi connectivity index (χ3v) is 2.60. The van der Waals surface area contributed by atoms with Gasteiger partial charge >= 0.3 is 5.97 Å². The second kappa shape index (κ2) is 6.75. The smallest absolute Gasteiger partial charge is 0.305 e. The molecular formula is C13H18N2O4. The van der Waals surface area contributed by atoms with E-state index < -0.39 is 24.3 Å². The number of aliphatic carboxylic acids is 1. The first kappa shape index (κ1) is 15.0. The van der Waals surface area contributed by atoms with Crippen molar-refractivity contribution in [3.05, 3.63) is 29.8 Å². The van der Waals surface area contributed by atoms with Crippen molar-refractivity contribution in [2.24, 2.45) is 5.73 Å². The van der Waals surface area contributed by atoms with Crippen molar-refractivity contribution >= 4 is 11.9 Å². The summed E-state index contributed by atoms with van der Waals surface area (Å²) in [6.07, 6.45) is 0.184. The summed E-state index contributed by atoms with van der Waals surface area (Å²) in [5, 5.41) is 20.4. The van der Waals surface area contributed by atoms with Crippen LogP contribution in [0.25, 0.3) is 0 Å². The van der Waals surface area contributed by atoms with Gasteiger partial charge in [-0.3, -0.25) is 9.59 Å². The third kappa shape index (κ3) is 5.39. The standard InChI is InChI=1S/C13H18N2O4/c1-8(6-9-2-4-10(16)5-3-9)15-13(19)11(14)7-12(17)18/h2-5,8,11,16H,6-7,14H2,1H3,(H,15,19)(H,17,18)/t8-,11-/m0/s1. The zero-order valence-corrected chi connectivity index (χ0v) is 10.7. The van der Waals surface area contributed by atoms with Gasteiger partial charge in [-0.1, -0.05) is 12.1 Å². The number of phenols is 1. The van der Waals surface area contributed by atoms with Gasteiger partial charge in [0.25, 0.3) is 0 Å². The lowest BCUT2D eigenvalue weighted by Gasteiger charge is -2.16. The molecule has 104 valence electrons. The first-order valence-electron chi connectivity index (χ1n) is 5.94. The Hall–Kier alpha value is -2.08. The molecule has 0 saturated carbocycles. The van der Waals surface area contributed by atoms with Crippen molar-refractivity contribution in [1.82, 2.24) is 5.32 Å². The lowest BCUT2D eigenvalue weighted by Crippen LogP contribution is -2.46. The normalized spacial score (nSPS) is 13.6. The van der Waals surface area contributed by atoms with Crippen LogP contribution in [0.1, 0.15) is 18.9 Å². The predicted molar refractivity (Wildman–Crippen MR) is 69.6 cm³/mol. The summed E-state index contributed by atoms with van der Waals surface area (Å²) < 4.78 is 0. The summed E-state index contributed by atoms with van der Waals surface area (Å²) in [5.74, 6) is -1.40. The fourth-order valence-corrected chi connectivity index (χ4v) is 1.67. The highest BCUT2D eigenvalue weighted by atomic mass is 16.4. The molecule has 5 N–H and O–H groups in total. The van der Waals surface area contributed by atoms with Crippen LogP contribution < -0.4 is 11.1 Å². The highest BCUT2D eigenvalue weighted by Crippen LogP contribution is 2.11. The Morgan fingerprint density at radius 3 is 2.42 bits per heavy atom. The van der Waals surface area contributed by atoms with Crippen LogP contribution >= 0.6 is 0 Å². The molecule has 0 unspecified atom stereocenters. The molecule has 1 amide bonds. The number of carbonyl (C=O) groups is 2. The molecule has 0 aromatic heterocycles. The molecule has 2 atom stereocenters. The molecule has 0 aliphatic rings. The number of benzene rings is 1. The summed E-state index contributed by atoms with van der Waals surface area (Å²) in [5.41, 5.74) is 6.41. The molecule has 0 spiro atoms. The Labute approximate surface area is 111 Å². The van der Waals surface area contributed by atoms with Crippen LogP contribution in [0.2, 0.25) is 0 Å².